The second-order valence-electron chi connectivity index (χ2n) is 4.66. The summed E-state index contributed by atoms with van der Waals surface area (Å²) in [5.41, 5.74) is 0.635. The number of sulfonamides is 1. The first kappa shape index (κ1) is 16.7. The zero-order chi connectivity index (χ0) is 17.2. The Morgan fingerprint density at radius 2 is 1.91 bits per heavy atom. The van der Waals surface area contributed by atoms with Gasteiger partial charge < -0.3 is 19.6 Å². The summed E-state index contributed by atoms with van der Waals surface area (Å²) in [6.07, 6.45) is 1.11. The number of hydrogen-bond acceptors (Lipinski definition) is 5. The predicted molar refractivity (Wildman–Crippen MR) is 82.8 cm³/mol. The SMILES string of the molecule is COc1cc(NS(=O)(=O)c2c[nH]c(C(=O)O)c2)c(C)c(OC)c1. The van der Waals surface area contributed by atoms with E-state index in [9.17, 15) is 13.2 Å². The van der Waals surface area contributed by atoms with E-state index < -0.39 is 16.0 Å². The van der Waals surface area contributed by atoms with E-state index in [1.54, 1.807) is 13.0 Å². The van der Waals surface area contributed by atoms with E-state index in [1.165, 1.54) is 20.3 Å². The Morgan fingerprint density at radius 1 is 1.22 bits per heavy atom. The molecule has 0 aliphatic heterocycles. The van der Waals surface area contributed by atoms with Crippen molar-refractivity contribution in [2.24, 2.45) is 0 Å². The lowest BCUT2D eigenvalue weighted by atomic mass is 10.2. The van der Waals surface area contributed by atoms with E-state index in [2.05, 4.69) is 9.71 Å². The van der Waals surface area contributed by atoms with Crippen LogP contribution in [-0.4, -0.2) is 38.7 Å². The van der Waals surface area contributed by atoms with Crippen LogP contribution in [0.5, 0.6) is 11.5 Å². The number of methoxy groups -OCH3 is 2. The fourth-order valence-electron chi connectivity index (χ4n) is 1.96. The van der Waals surface area contributed by atoms with Crippen molar-refractivity contribution in [1.29, 1.82) is 0 Å². The van der Waals surface area contributed by atoms with Gasteiger partial charge in [-0.3, -0.25) is 4.72 Å². The molecule has 2 rings (SSSR count). The van der Waals surface area contributed by atoms with Crippen LogP contribution < -0.4 is 14.2 Å². The molecule has 0 saturated carbocycles. The van der Waals surface area contributed by atoms with Gasteiger partial charge in [-0.25, -0.2) is 13.2 Å². The van der Waals surface area contributed by atoms with Crippen molar-refractivity contribution in [3.05, 3.63) is 35.7 Å². The maximum Gasteiger partial charge on any atom is 0.352 e. The van der Waals surface area contributed by atoms with Crippen molar-refractivity contribution in [3.8, 4) is 11.5 Å². The fourth-order valence-corrected chi connectivity index (χ4v) is 3.06. The molecule has 1 aromatic carbocycles. The molecule has 0 unspecified atom stereocenters. The highest BCUT2D eigenvalue weighted by Gasteiger charge is 2.20. The summed E-state index contributed by atoms with van der Waals surface area (Å²) < 4.78 is 37.5. The Bertz CT molecular complexity index is 841. The van der Waals surface area contributed by atoms with Crippen molar-refractivity contribution < 1.29 is 27.8 Å². The van der Waals surface area contributed by atoms with Crippen LogP contribution in [0.25, 0.3) is 0 Å². The standard InChI is InChI=1S/C14H16N2O6S/c1-8-11(4-9(21-2)5-13(8)22-3)16-23(19,20)10-6-12(14(17)18)15-7-10/h4-7,15-16H,1-3H3,(H,17,18). The Balaban J connectivity index is 2.42. The summed E-state index contributed by atoms with van der Waals surface area (Å²) in [5, 5.41) is 8.85. The van der Waals surface area contributed by atoms with Crippen LogP contribution >= 0.6 is 0 Å². The molecule has 0 saturated heterocycles. The predicted octanol–water partition coefficient (Wildman–Crippen LogP) is 1.84. The van der Waals surface area contributed by atoms with E-state index in [0.29, 0.717) is 17.1 Å². The largest absolute Gasteiger partial charge is 0.497 e. The number of aromatic amines is 1. The number of aromatic carboxylic acids is 1. The number of carboxylic acid groups (broad SMARTS) is 1. The third kappa shape index (κ3) is 3.39. The molecule has 0 radical (unpaired) electrons. The van der Waals surface area contributed by atoms with Gasteiger partial charge in [0.15, 0.2) is 0 Å². The van der Waals surface area contributed by atoms with Gasteiger partial charge in [0.2, 0.25) is 0 Å². The summed E-state index contributed by atoms with van der Waals surface area (Å²) >= 11 is 0. The van der Waals surface area contributed by atoms with Gasteiger partial charge in [0.1, 0.15) is 22.1 Å². The van der Waals surface area contributed by atoms with Crippen LogP contribution in [0.1, 0.15) is 16.1 Å². The monoisotopic (exact) mass is 340 g/mol. The second-order valence-corrected chi connectivity index (χ2v) is 6.34. The molecule has 2 aromatic rings. The zero-order valence-electron chi connectivity index (χ0n) is 12.7. The van der Waals surface area contributed by atoms with Gasteiger partial charge in [-0.05, 0) is 13.0 Å². The Morgan fingerprint density at radius 3 is 2.43 bits per heavy atom. The number of benzene rings is 1. The number of rotatable bonds is 6. The molecule has 0 fully saturated rings. The summed E-state index contributed by atoms with van der Waals surface area (Å²) in [5.74, 6) is -0.363. The normalized spacial score (nSPS) is 11.1. The van der Waals surface area contributed by atoms with E-state index in [0.717, 1.165) is 12.3 Å². The van der Waals surface area contributed by atoms with Crippen molar-refractivity contribution in [1.82, 2.24) is 4.98 Å². The first-order valence-electron chi connectivity index (χ1n) is 6.45. The lowest BCUT2D eigenvalue weighted by Crippen LogP contribution is -2.13. The van der Waals surface area contributed by atoms with Gasteiger partial charge >= 0.3 is 5.97 Å². The second kappa shape index (κ2) is 6.21. The number of carboxylic acids is 1. The van der Waals surface area contributed by atoms with Crippen molar-refractivity contribution in [3.63, 3.8) is 0 Å². The van der Waals surface area contributed by atoms with Gasteiger partial charge in [-0.1, -0.05) is 0 Å². The molecular weight excluding hydrogens is 324 g/mol. The Kier molecular flexibility index (Phi) is 4.50. The van der Waals surface area contributed by atoms with Gasteiger partial charge in [-0.15, -0.1) is 0 Å². The highest BCUT2D eigenvalue weighted by Crippen LogP contribution is 2.32. The van der Waals surface area contributed by atoms with Crippen LogP contribution in [0.4, 0.5) is 5.69 Å². The van der Waals surface area contributed by atoms with E-state index >= 15 is 0 Å². The number of H-pyrrole nitrogens is 1. The third-order valence-electron chi connectivity index (χ3n) is 3.23. The van der Waals surface area contributed by atoms with Crippen molar-refractivity contribution in [2.45, 2.75) is 11.8 Å². The molecule has 0 bridgehead atoms. The van der Waals surface area contributed by atoms with Crippen molar-refractivity contribution in [2.75, 3.05) is 18.9 Å². The number of hydrogen-bond donors (Lipinski definition) is 3. The van der Waals surface area contributed by atoms with Crippen molar-refractivity contribution >= 4 is 21.7 Å². The maximum atomic E-state index is 12.4. The summed E-state index contributed by atoms with van der Waals surface area (Å²) in [6, 6.07) is 4.18. The first-order valence-corrected chi connectivity index (χ1v) is 7.94. The highest BCUT2D eigenvalue weighted by molar-refractivity contribution is 7.92. The summed E-state index contributed by atoms with van der Waals surface area (Å²) in [4.78, 5) is 13.0. The smallest absolute Gasteiger partial charge is 0.352 e. The average molecular weight is 340 g/mol. The molecule has 0 aliphatic carbocycles. The Labute approximate surface area is 133 Å². The first-order chi connectivity index (χ1) is 10.8. The van der Waals surface area contributed by atoms with Gasteiger partial charge in [0, 0.05) is 23.9 Å². The third-order valence-corrected chi connectivity index (χ3v) is 4.58. The quantitative estimate of drug-likeness (QED) is 0.738. The molecule has 8 nitrogen and oxygen atoms in total. The van der Waals surface area contributed by atoms with Crippen LogP contribution in [0.3, 0.4) is 0 Å². The molecular formula is C14H16N2O6S. The molecule has 0 aliphatic rings. The molecule has 3 N–H and O–H groups in total. The molecule has 0 amide bonds. The average Bonchev–Trinajstić information content (AvgIpc) is 3.00. The van der Waals surface area contributed by atoms with Gasteiger partial charge in [0.05, 0.1) is 19.9 Å². The lowest BCUT2D eigenvalue weighted by Gasteiger charge is -2.14. The Hall–Kier alpha value is -2.68. The molecule has 0 spiro atoms. The van der Waals surface area contributed by atoms with Crippen LogP contribution in [0.2, 0.25) is 0 Å². The molecule has 9 heteroatoms. The van der Waals surface area contributed by atoms with E-state index in [4.69, 9.17) is 14.6 Å². The minimum atomic E-state index is -3.95. The number of aromatic nitrogens is 1. The summed E-state index contributed by atoms with van der Waals surface area (Å²) in [6.45, 7) is 1.69. The lowest BCUT2D eigenvalue weighted by molar-refractivity contribution is 0.0691. The molecule has 0 atom stereocenters. The summed E-state index contributed by atoms with van der Waals surface area (Å²) in [7, 11) is -1.04. The fraction of sp³-hybridized carbons (Fsp3) is 0.214. The number of carbonyl (C=O) groups is 1. The van der Waals surface area contributed by atoms with E-state index in [1.807, 2.05) is 0 Å². The van der Waals surface area contributed by atoms with Crippen LogP contribution in [0.15, 0.2) is 29.3 Å². The molecule has 1 heterocycles. The van der Waals surface area contributed by atoms with Crippen LogP contribution in [0, 0.1) is 6.92 Å². The molecule has 23 heavy (non-hydrogen) atoms. The van der Waals surface area contributed by atoms with Crippen LogP contribution in [-0.2, 0) is 10.0 Å². The molecule has 124 valence electrons. The number of anilines is 1. The van der Waals surface area contributed by atoms with Gasteiger partial charge in [-0.2, -0.15) is 0 Å². The highest BCUT2D eigenvalue weighted by atomic mass is 32.2. The molecule has 1 aromatic heterocycles. The minimum absolute atomic E-state index is 0.184. The maximum absolute atomic E-state index is 12.4. The topological polar surface area (TPSA) is 118 Å². The van der Waals surface area contributed by atoms with E-state index in [-0.39, 0.29) is 16.3 Å². The zero-order valence-corrected chi connectivity index (χ0v) is 13.5. The number of nitrogens with one attached hydrogen (secondary N) is 2. The van der Waals surface area contributed by atoms with Gasteiger partial charge in [0.25, 0.3) is 10.0 Å². The number of ether oxygens (including phenoxy) is 2. The minimum Gasteiger partial charge on any atom is -0.497 e.